The minimum Gasteiger partial charge on any atom is -0.480 e. The van der Waals surface area contributed by atoms with Crippen LogP contribution in [-0.4, -0.2) is 52.5 Å². The number of likely N-dealkylation sites (tertiary alicyclic amines) is 1. The fourth-order valence-corrected chi connectivity index (χ4v) is 2.68. The third kappa shape index (κ3) is 2.91. The van der Waals surface area contributed by atoms with Crippen molar-refractivity contribution in [2.45, 2.75) is 19.9 Å². The number of nitrogens with one attached hydrogen (secondary N) is 1. The fraction of sp³-hybridized carbons (Fsp3) is 0.500. The van der Waals surface area contributed by atoms with Gasteiger partial charge in [0.05, 0.1) is 5.41 Å². The van der Waals surface area contributed by atoms with Crippen molar-refractivity contribution in [1.82, 2.24) is 14.8 Å². The van der Waals surface area contributed by atoms with Crippen molar-refractivity contribution >= 4 is 17.8 Å². The van der Waals surface area contributed by atoms with Gasteiger partial charge in [0.2, 0.25) is 5.91 Å². The van der Waals surface area contributed by atoms with Crippen LogP contribution >= 0.6 is 0 Å². The lowest BCUT2D eigenvalue weighted by molar-refractivity contribution is -0.137. The van der Waals surface area contributed by atoms with E-state index in [0.29, 0.717) is 25.2 Å². The Balaban J connectivity index is 2.14. The Kier molecular flexibility index (Phi) is 4.02. The van der Waals surface area contributed by atoms with Crippen molar-refractivity contribution in [2.75, 3.05) is 20.1 Å². The summed E-state index contributed by atoms with van der Waals surface area (Å²) in [6.07, 6.45) is 2.16. The summed E-state index contributed by atoms with van der Waals surface area (Å²) >= 11 is 0. The lowest BCUT2D eigenvalue weighted by Crippen LogP contribution is -2.40. The average Bonchev–Trinajstić information content (AvgIpc) is 3.04. The molecule has 0 saturated carbocycles. The van der Waals surface area contributed by atoms with Crippen LogP contribution in [-0.2, 0) is 16.1 Å². The summed E-state index contributed by atoms with van der Waals surface area (Å²) in [5, 5.41) is 11.5. The molecule has 1 aromatic rings. The van der Waals surface area contributed by atoms with Gasteiger partial charge in [0, 0.05) is 26.3 Å². The summed E-state index contributed by atoms with van der Waals surface area (Å²) in [5.41, 5.74) is -0.257. The van der Waals surface area contributed by atoms with E-state index in [4.69, 9.17) is 5.11 Å². The number of carbonyl (C=O) groups excluding carboxylic acids is 2. The summed E-state index contributed by atoms with van der Waals surface area (Å²) in [4.78, 5) is 36.8. The van der Waals surface area contributed by atoms with E-state index in [1.165, 1.54) is 4.57 Å². The maximum atomic E-state index is 12.5. The molecule has 1 unspecified atom stereocenters. The van der Waals surface area contributed by atoms with E-state index in [1.807, 2.05) is 6.92 Å². The van der Waals surface area contributed by atoms with Crippen LogP contribution in [0.4, 0.5) is 0 Å². The number of hydrogen-bond acceptors (Lipinski definition) is 3. The predicted molar refractivity (Wildman–Crippen MR) is 74.8 cm³/mol. The lowest BCUT2D eigenvalue weighted by Gasteiger charge is -2.23. The van der Waals surface area contributed by atoms with Crippen LogP contribution in [0.15, 0.2) is 18.3 Å². The molecule has 114 valence electrons. The highest BCUT2D eigenvalue weighted by Crippen LogP contribution is 2.31. The predicted octanol–water partition coefficient (Wildman–Crippen LogP) is 0.171. The van der Waals surface area contributed by atoms with Crippen LogP contribution in [0.5, 0.6) is 0 Å². The molecule has 1 fully saturated rings. The van der Waals surface area contributed by atoms with E-state index in [-0.39, 0.29) is 18.4 Å². The molecule has 0 radical (unpaired) electrons. The first-order chi connectivity index (χ1) is 9.87. The SMILES string of the molecule is CNC(=O)C1(C)CCN(C(=O)c2cccn2CC(=O)O)C1. The van der Waals surface area contributed by atoms with Gasteiger partial charge in [-0.05, 0) is 25.5 Å². The molecule has 2 amide bonds. The average molecular weight is 293 g/mol. The molecule has 21 heavy (non-hydrogen) atoms. The number of carboxylic acids is 1. The Bertz CT molecular complexity index is 581. The normalized spacial score (nSPS) is 21.3. The van der Waals surface area contributed by atoms with E-state index in [9.17, 15) is 14.4 Å². The zero-order chi connectivity index (χ0) is 15.6. The number of carbonyl (C=O) groups is 3. The molecule has 0 aromatic carbocycles. The molecule has 2 N–H and O–H groups in total. The molecule has 2 heterocycles. The molecular weight excluding hydrogens is 274 g/mol. The highest BCUT2D eigenvalue weighted by molar-refractivity contribution is 5.94. The van der Waals surface area contributed by atoms with Gasteiger partial charge in [-0.1, -0.05) is 0 Å². The summed E-state index contributed by atoms with van der Waals surface area (Å²) in [6, 6.07) is 3.24. The Morgan fingerprint density at radius 3 is 2.76 bits per heavy atom. The standard InChI is InChI=1S/C14H19N3O4/c1-14(13(21)15-2)5-7-17(9-14)12(20)10-4-3-6-16(10)8-11(18)19/h3-4,6H,5,7-9H2,1-2H3,(H,15,21)(H,18,19). The van der Waals surface area contributed by atoms with Gasteiger partial charge >= 0.3 is 5.97 Å². The zero-order valence-electron chi connectivity index (χ0n) is 12.1. The van der Waals surface area contributed by atoms with Gasteiger partial charge in [0.15, 0.2) is 0 Å². The molecule has 1 aliphatic heterocycles. The first kappa shape index (κ1) is 15.1. The molecule has 2 rings (SSSR count). The smallest absolute Gasteiger partial charge is 0.323 e. The molecule has 1 saturated heterocycles. The van der Waals surface area contributed by atoms with Crippen LogP contribution < -0.4 is 5.32 Å². The van der Waals surface area contributed by atoms with Crippen LogP contribution in [0.1, 0.15) is 23.8 Å². The van der Waals surface area contributed by atoms with Crippen LogP contribution in [0.3, 0.4) is 0 Å². The number of aromatic nitrogens is 1. The molecular formula is C14H19N3O4. The molecule has 1 atom stereocenters. The topological polar surface area (TPSA) is 91.6 Å². The number of amides is 2. The van der Waals surface area contributed by atoms with E-state index >= 15 is 0 Å². The monoisotopic (exact) mass is 293 g/mol. The summed E-state index contributed by atoms with van der Waals surface area (Å²) < 4.78 is 1.40. The molecule has 7 nitrogen and oxygen atoms in total. The van der Waals surface area contributed by atoms with Crippen molar-refractivity contribution in [3.05, 3.63) is 24.0 Å². The Morgan fingerprint density at radius 1 is 1.43 bits per heavy atom. The molecule has 1 aromatic heterocycles. The van der Waals surface area contributed by atoms with Crippen LogP contribution in [0.2, 0.25) is 0 Å². The van der Waals surface area contributed by atoms with Crippen molar-refractivity contribution in [3.8, 4) is 0 Å². The minimum absolute atomic E-state index is 0.0845. The second-order valence-corrected chi connectivity index (χ2v) is 5.53. The summed E-state index contributed by atoms with van der Waals surface area (Å²) in [7, 11) is 1.58. The van der Waals surface area contributed by atoms with Crippen molar-refractivity contribution in [2.24, 2.45) is 5.41 Å². The third-order valence-electron chi connectivity index (χ3n) is 3.89. The molecule has 0 aliphatic carbocycles. The van der Waals surface area contributed by atoms with E-state index in [1.54, 1.807) is 30.3 Å². The van der Waals surface area contributed by atoms with Crippen molar-refractivity contribution in [3.63, 3.8) is 0 Å². The maximum absolute atomic E-state index is 12.5. The van der Waals surface area contributed by atoms with Gasteiger partial charge < -0.3 is 19.9 Å². The van der Waals surface area contributed by atoms with Crippen LogP contribution in [0.25, 0.3) is 0 Å². The Morgan fingerprint density at radius 2 is 2.14 bits per heavy atom. The van der Waals surface area contributed by atoms with Crippen molar-refractivity contribution < 1.29 is 19.5 Å². The Labute approximate surface area is 122 Å². The highest BCUT2D eigenvalue weighted by atomic mass is 16.4. The largest absolute Gasteiger partial charge is 0.480 e. The molecule has 0 spiro atoms. The van der Waals surface area contributed by atoms with Crippen molar-refractivity contribution in [1.29, 1.82) is 0 Å². The summed E-state index contributed by atoms with van der Waals surface area (Å²) in [6.45, 7) is 2.40. The number of nitrogens with zero attached hydrogens (tertiary/aromatic N) is 2. The fourth-order valence-electron chi connectivity index (χ4n) is 2.68. The maximum Gasteiger partial charge on any atom is 0.323 e. The first-order valence-corrected chi connectivity index (χ1v) is 6.76. The van der Waals surface area contributed by atoms with E-state index < -0.39 is 11.4 Å². The molecule has 7 heteroatoms. The van der Waals surface area contributed by atoms with E-state index in [0.717, 1.165) is 0 Å². The molecule has 1 aliphatic rings. The Hall–Kier alpha value is -2.31. The number of hydrogen-bond donors (Lipinski definition) is 2. The van der Waals surface area contributed by atoms with Gasteiger partial charge in [-0.15, -0.1) is 0 Å². The van der Waals surface area contributed by atoms with Gasteiger partial charge in [0.1, 0.15) is 12.2 Å². The lowest BCUT2D eigenvalue weighted by atomic mass is 9.89. The second kappa shape index (κ2) is 5.59. The van der Waals surface area contributed by atoms with Gasteiger partial charge in [0.25, 0.3) is 5.91 Å². The summed E-state index contributed by atoms with van der Waals surface area (Å²) in [5.74, 6) is -1.33. The first-order valence-electron chi connectivity index (χ1n) is 6.76. The number of rotatable bonds is 4. The van der Waals surface area contributed by atoms with Gasteiger partial charge in [-0.2, -0.15) is 0 Å². The highest BCUT2D eigenvalue weighted by Gasteiger charge is 2.42. The van der Waals surface area contributed by atoms with Gasteiger partial charge in [-0.3, -0.25) is 14.4 Å². The third-order valence-corrected chi connectivity index (χ3v) is 3.89. The molecule has 0 bridgehead atoms. The van der Waals surface area contributed by atoms with E-state index in [2.05, 4.69) is 5.32 Å². The quantitative estimate of drug-likeness (QED) is 0.828. The van der Waals surface area contributed by atoms with Gasteiger partial charge in [-0.25, -0.2) is 0 Å². The zero-order valence-corrected chi connectivity index (χ0v) is 12.1. The number of carboxylic acid groups (broad SMARTS) is 1. The second-order valence-electron chi connectivity index (χ2n) is 5.53. The minimum atomic E-state index is -1.00. The number of aliphatic carboxylic acids is 1. The van der Waals surface area contributed by atoms with Crippen LogP contribution in [0, 0.1) is 5.41 Å².